The summed E-state index contributed by atoms with van der Waals surface area (Å²) in [6.07, 6.45) is 0. The molecule has 2 aromatic rings. The first kappa shape index (κ1) is 20.2. The van der Waals surface area contributed by atoms with Gasteiger partial charge in [0.1, 0.15) is 6.04 Å². The van der Waals surface area contributed by atoms with E-state index in [-0.39, 0.29) is 11.4 Å². The maximum Gasteiger partial charge on any atom is 0.323 e. The van der Waals surface area contributed by atoms with E-state index < -0.39 is 26.8 Å². The van der Waals surface area contributed by atoms with Crippen LogP contribution in [0.25, 0.3) is 11.1 Å². The van der Waals surface area contributed by atoms with E-state index in [1.807, 2.05) is 12.1 Å². The van der Waals surface area contributed by atoms with Crippen molar-refractivity contribution in [1.29, 1.82) is 0 Å². The topological polar surface area (TPSA) is 74.7 Å². The number of carboxylic acid groups (broad SMARTS) is 1. The van der Waals surface area contributed by atoms with Gasteiger partial charge in [-0.15, -0.1) is 0 Å². The third-order valence-electron chi connectivity index (χ3n) is 4.60. The summed E-state index contributed by atoms with van der Waals surface area (Å²) < 4.78 is 26.6. The van der Waals surface area contributed by atoms with Crippen LogP contribution >= 0.6 is 23.4 Å². The minimum Gasteiger partial charge on any atom is -0.480 e. The number of sulfonamides is 1. The first-order valence-corrected chi connectivity index (χ1v) is 11.2. The molecular formula is C19H20ClNO4S2. The van der Waals surface area contributed by atoms with Crippen LogP contribution in [0.3, 0.4) is 0 Å². The quantitative estimate of drug-likeness (QED) is 0.801. The Labute approximate surface area is 168 Å². The Hall–Kier alpha value is -1.54. The molecule has 144 valence electrons. The van der Waals surface area contributed by atoms with Crippen molar-refractivity contribution in [1.82, 2.24) is 4.31 Å². The SMILES string of the molecule is CC1(C)SCCN(S(=O)(=O)c2ccc(-c3ccc(Cl)cc3)cc2)C1C(=O)O. The van der Waals surface area contributed by atoms with Crippen molar-refractivity contribution in [2.75, 3.05) is 12.3 Å². The molecule has 0 aromatic heterocycles. The number of carbonyl (C=O) groups is 1. The van der Waals surface area contributed by atoms with Crippen LogP contribution in [0.2, 0.25) is 5.02 Å². The molecule has 1 unspecified atom stereocenters. The molecular weight excluding hydrogens is 406 g/mol. The van der Waals surface area contributed by atoms with Crippen LogP contribution in [0.4, 0.5) is 0 Å². The highest BCUT2D eigenvalue weighted by molar-refractivity contribution is 8.00. The fourth-order valence-electron chi connectivity index (χ4n) is 3.23. The van der Waals surface area contributed by atoms with Crippen molar-refractivity contribution >= 4 is 39.4 Å². The van der Waals surface area contributed by atoms with Gasteiger partial charge in [-0.05, 0) is 49.2 Å². The van der Waals surface area contributed by atoms with Crippen LogP contribution in [0.5, 0.6) is 0 Å². The lowest BCUT2D eigenvalue weighted by Gasteiger charge is -2.42. The van der Waals surface area contributed by atoms with Gasteiger partial charge in [0.2, 0.25) is 10.0 Å². The zero-order valence-corrected chi connectivity index (χ0v) is 17.3. The Bertz CT molecular complexity index is 941. The second-order valence-electron chi connectivity index (χ2n) is 6.84. The average Bonchev–Trinajstić information content (AvgIpc) is 2.61. The van der Waals surface area contributed by atoms with Gasteiger partial charge >= 0.3 is 5.97 Å². The molecule has 3 rings (SSSR count). The van der Waals surface area contributed by atoms with Gasteiger partial charge in [-0.2, -0.15) is 16.1 Å². The van der Waals surface area contributed by atoms with E-state index >= 15 is 0 Å². The molecule has 1 aliphatic heterocycles. The minimum atomic E-state index is -3.91. The van der Waals surface area contributed by atoms with Crippen LogP contribution in [0, 0.1) is 0 Å². The third-order valence-corrected chi connectivity index (χ3v) is 8.09. The van der Waals surface area contributed by atoms with Gasteiger partial charge in [0, 0.05) is 22.1 Å². The highest BCUT2D eigenvalue weighted by atomic mass is 35.5. The lowest BCUT2D eigenvalue weighted by molar-refractivity contribution is -0.142. The highest BCUT2D eigenvalue weighted by Crippen LogP contribution is 2.38. The predicted molar refractivity (Wildman–Crippen MR) is 109 cm³/mol. The van der Waals surface area contributed by atoms with Crippen molar-refractivity contribution in [3.05, 3.63) is 53.6 Å². The van der Waals surface area contributed by atoms with E-state index in [0.29, 0.717) is 10.8 Å². The van der Waals surface area contributed by atoms with Crippen LogP contribution in [-0.2, 0) is 14.8 Å². The van der Waals surface area contributed by atoms with Gasteiger partial charge in [0.05, 0.1) is 4.90 Å². The van der Waals surface area contributed by atoms with Crippen LogP contribution < -0.4 is 0 Å². The lowest BCUT2D eigenvalue weighted by atomic mass is 10.0. The largest absolute Gasteiger partial charge is 0.480 e. The van der Waals surface area contributed by atoms with Gasteiger partial charge in [0.25, 0.3) is 0 Å². The van der Waals surface area contributed by atoms with E-state index in [9.17, 15) is 18.3 Å². The number of carboxylic acids is 1. The van der Waals surface area contributed by atoms with E-state index in [1.54, 1.807) is 38.1 Å². The molecule has 0 saturated carbocycles. The zero-order valence-electron chi connectivity index (χ0n) is 14.9. The molecule has 0 bridgehead atoms. The molecule has 0 spiro atoms. The van der Waals surface area contributed by atoms with Crippen LogP contribution in [-0.4, -0.2) is 46.9 Å². The Morgan fingerprint density at radius 2 is 1.63 bits per heavy atom. The van der Waals surface area contributed by atoms with E-state index in [1.165, 1.54) is 23.9 Å². The summed E-state index contributed by atoms with van der Waals surface area (Å²) in [6, 6.07) is 12.6. The Morgan fingerprint density at radius 1 is 1.11 bits per heavy atom. The summed E-state index contributed by atoms with van der Waals surface area (Å²) in [5, 5.41) is 10.3. The minimum absolute atomic E-state index is 0.0918. The van der Waals surface area contributed by atoms with Crippen molar-refractivity contribution in [3.63, 3.8) is 0 Å². The Morgan fingerprint density at radius 3 is 2.15 bits per heavy atom. The molecule has 5 nitrogen and oxygen atoms in total. The number of aliphatic carboxylic acids is 1. The molecule has 1 atom stereocenters. The van der Waals surface area contributed by atoms with Crippen molar-refractivity contribution in [2.24, 2.45) is 0 Å². The molecule has 1 saturated heterocycles. The number of benzene rings is 2. The predicted octanol–water partition coefficient (Wildman–Crippen LogP) is 3.98. The van der Waals surface area contributed by atoms with E-state index in [0.717, 1.165) is 15.4 Å². The molecule has 0 aliphatic carbocycles. The maximum absolute atomic E-state index is 13.1. The number of nitrogens with zero attached hydrogens (tertiary/aromatic N) is 1. The summed E-state index contributed by atoms with van der Waals surface area (Å²) >= 11 is 7.37. The molecule has 1 fully saturated rings. The second-order valence-corrected chi connectivity index (χ2v) is 10.9. The van der Waals surface area contributed by atoms with Gasteiger partial charge < -0.3 is 5.11 Å². The summed E-state index contributed by atoms with van der Waals surface area (Å²) in [5.74, 6) is -0.577. The standard InChI is InChI=1S/C19H20ClNO4S2/c1-19(2)17(18(22)23)21(11-12-26-19)27(24,25)16-9-5-14(6-10-16)13-3-7-15(20)8-4-13/h3-10,17H,11-12H2,1-2H3,(H,22,23). The van der Waals surface area contributed by atoms with E-state index in [4.69, 9.17) is 11.6 Å². The van der Waals surface area contributed by atoms with Gasteiger partial charge in [-0.1, -0.05) is 35.9 Å². The molecule has 1 aliphatic rings. The molecule has 0 amide bonds. The number of rotatable bonds is 4. The van der Waals surface area contributed by atoms with Crippen LogP contribution in [0.15, 0.2) is 53.4 Å². The van der Waals surface area contributed by atoms with Gasteiger partial charge in [0.15, 0.2) is 0 Å². The Kier molecular flexibility index (Phi) is 5.59. The summed E-state index contributed by atoms with van der Waals surface area (Å²) in [4.78, 5) is 11.9. The smallest absolute Gasteiger partial charge is 0.323 e. The maximum atomic E-state index is 13.1. The van der Waals surface area contributed by atoms with Crippen molar-refractivity contribution < 1.29 is 18.3 Å². The molecule has 1 N–H and O–H groups in total. The molecule has 8 heteroatoms. The monoisotopic (exact) mass is 425 g/mol. The second kappa shape index (κ2) is 7.47. The van der Waals surface area contributed by atoms with E-state index in [2.05, 4.69) is 0 Å². The number of hydrogen-bond donors (Lipinski definition) is 1. The van der Waals surface area contributed by atoms with Crippen LogP contribution in [0.1, 0.15) is 13.8 Å². The number of thioether (sulfide) groups is 1. The average molecular weight is 426 g/mol. The molecule has 0 radical (unpaired) electrons. The molecule has 1 heterocycles. The first-order valence-electron chi connectivity index (χ1n) is 8.37. The lowest BCUT2D eigenvalue weighted by Crippen LogP contribution is -2.58. The molecule has 27 heavy (non-hydrogen) atoms. The highest BCUT2D eigenvalue weighted by Gasteiger charge is 2.48. The van der Waals surface area contributed by atoms with Crippen molar-refractivity contribution in [2.45, 2.75) is 29.5 Å². The van der Waals surface area contributed by atoms with Gasteiger partial charge in [-0.3, -0.25) is 4.79 Å². The summed E-state index contributed by atoms with van der Waals surface area (Å²) in [5.41, 5.74) is 1.78. The third kappa shape index (κ3) is 4.01. The number of halogens is 1. The Balaban J connectivity index is 1.94. The van der Waals surface area contributed by atoms with Crippen molar-refractivity contribution in [3.8, 4) is 11.1 Å². The summed E-state index contributed by atoms with van der Waals surface area (Å²) in [7, 11) is -3.91. The first-order chi connectivity index (χ1) is 12.6. The summed E-state index contributed by atoms with van der Waals surface area (Å²) in [6.45, 7) is 3.70. The number of hydrogen-bond acceptors (Lipinski definition) is 4. The zero-order chi connectivity index (χ0) is 19.8. The van der Waals surface area contributed by atoms with Gasteiger partial charge in [-0.25, -0.2) is 8.42 Å². The fraction of sp³-hybridized carbons (Fsp3) is 0.316. The molecule has 2 aromatic carbocycles. The fourth-order valence-corrected chi connectivity index (χ4v) is 6.45. The normalized spacial score (nSPS) is 20.3.